The number of aromatic nitrogens is 1. The highest BCUT2D eigenvalue weighted by Gasteiger charge is 2.10. The van der Waals surface area contributed by atoms with Crippen molar-refractivity contribution >= 4 is 5.69 Å². The summed E-state index contributed by atoms with van der Waals surface area (Å²) < 4.78 is 0. The standard InChI is InChI=1S/C16H21N3/c1-3-19(12-15-6-4-5-9-18-15)16-10-13(2)7-8-14(16)11-17/h4-10H,3,11-12,17H2,1-2H3. The molecule has 2 N–H and O–H groups in total. The molecule has 2 aromatic rings. The second-order valence-corrected chi connectivity index (χ2v) is 4.67. The van der Waals surface area contributed by atoms with Crippen molar-refractivity contribution in [2.75, 3.05) is 11.4 Å². The number of aryl methyl sites for hydroxylation is 1. The second kappa shape index (κ2) is 6.34. The maximum Gasteiger partial charge on any atom is 0.0602 e. The Hall–Kier alpha value is -1.87. The topological polar surface area (TPSA) is 42.2 Å². The van der Waals surface area contributed by atoms with Crippen LogP contribution in [0.2, 0.25) is 0 Å². The van der Waals surface area contributed by atoms with Gasteiger partial charge < -0.3 is 10.6 Å². The third-order valence-electron chi connectivity index (χ3n) is 3.26. The zero-order valence-electron chi connectivity index (χ0n) is 11.6. The smallest absolute Gasteiger partial charge is 0.0602 e. The van der Waals surface area contributed by atoms with E-state index < -0.39 is 0 Å². The number of rotatable bonds is 5. The molecule has 0 fully saturated rings. The van der Waals surface area contributed by atoms with Crippen LogP contribution < -0.4 is 10.6 Å². The molecule has 0 aliphatic carbocycles. The maximum atomic E-state index is 5.84. The van der Waals surface area contributed by atoms with E-state index >= 15 is 0 Å². The molecule has 0 saturated heterocycles. The number of anilines is 1. The predicted molar refractivity (Wildman–Crippen MR) is 80.0 cm³/mol. The summed E-state index contributed by atoms with van der Waals surface area (Å²) in [6.07, 6.45) is 1.84. The summed E-state index contributed by atoms with van der Waals surface area (Å²) in [5.41, 5.74) is 10.6. The van der Waals surface area contributed by atoms with Gasteiger partial charge in [-0.2, -0.15) is 0 Å². The van der Waals surface area contributed by atoms with E-state index in [1.807, 2.05) is 18.3 Å². The van der Waals surface area contributed by atoms with Crippen molar-refractivity contribution in [1.82, 2.24) is 4.98 Å². The number of nitrogens with zero attached hydrogens (tertiary/aromatic N) is 2. The molecule has 1 heterocycles. The summed E-state index contributed by atoms with van der Waals surface area (Å²) in [6, 6.07) is 12.5. The molecular weight excluding hydrogens is 234 g/mol. The Bertz CT molecular complexity index is 523. The van der Waals surface area contributed by atoms with Gasteiger partial charge in [-0.3, -0.25) is 4.98 Å². The lowest BCUT2D eigenvalue weighted by molar-refractivity contribution is 0.800. The van der Waals surface area contributed by atoms with Crippen LogP contribution in [0.3, 0.4) is 0 Å². The van der Waals surface area contributed by atoms with Crippen LogP contribution in [0.4, 0.5) is 5.69 Å². The molecule has 19 heavy (non-hydrogen) atoms. The minimum Gasteiger partial charge on any atom is -0.366 e. The zero-order chi connectivity index (χ0) is 13.7. The van der Waals surface area contributed by atoms with Crippen molar-refractivity contribution < 1.29 is 0 Å². The SMILES string of the molecule is CCN(Cc1ccccn1)c1cc(C)ccc1CN. The van der Waals surface area contributed by atoms with Gasteiger partial charge in [-0.1, -0.05) is 18.2 Å². The molecule has 1 aromatic heterocycles. The van der Waals surface area contributed by atoms with E-state index in [2.05, 4.69) is 48.0 Å². The van der Waals surface area contributed by atoms with E-state index in [9.17, 15) is 0 Å². The van der Waals surface area contributed by atoms with E-state index in [1.54, 1.807) is 0 Å². The van der Waals surface area contributed by atoms with Crippen LogP contribution in [0.1, 0.15) is 23.7 Å². The first-order valence-electron chi connectivity index (χ1n) is 6.69. The molecule has 0 atom stereocenters. The Morgan fingerprint density at radius 1 is 1.21 bits per heavy atom. The number of benzene rings is 1. The van der Waals surface area contributed by atoms with Crippen molar-refractivity contribution in [3.63, 3.8) is 0 Å². The van der Waals surface area contributed by atoms with Gasteiger partial charge in [-0.15, -0.1) is 0 Å². The predicted octanol–water partition coefficient (Wildman–Crippen LogP) is 2.88. The molecule has 0 radical (unpaired) electrons. The Kier molecular flexibility index (Phi) is 4.53. The lowest BCUT2D eigenvalue weighted by Gasteiger charge is -2.25. The Morgan fingerprint density at radius 2 is 2.05 bits per heavy atom. The van der Waals surface area contributed by atoms with Gasteiger partial charge in [0.25, 0.3) is 0 Å². The van der Waals surface area contributed by atoms with E-state index in [0.29, 0.717) is 6.54 Å². The summed E-state index contributed by atoms with van der Waals surface area (Å²) in [6.45, 7) is 6.58. The molecule has 0 amide bonds. The van der Waals surface area contributed by atoms with Gasteiger partial charge in [0.1, 0.15) is 0 Å². The second-order valence-electron chi connectivity index (χ2n) is 4.67. The summed E-state index contributed by atoms with van der Waals surface area (Å²) in [4.78, 5) is 6.71. The average molecular weight is 255 g/mol. The molecule has 1 aromatic carbocycles. The van der Waals surface area contributed by atoms with E-state index in [-0.39, 0.29) is 0 Å². The minimum atomic E-state index is 0.564. The Morgan fingerprint density at radius 3 is 2.68 bits per heavy atom. The van der Waals surface area contributed by atoms with Gasteiger partial charge in [0.05, 0.1) is 12.2 Å². The summed E-state index contributed by atoms with van der Waals surface area (Å²) in [5, 5.41) is 0. The normalized spacial score (nSPS) is 10.5. The highest BCUT2D eigenvalue weighted by atomic mass is 15.1. The van der Waals surface area contributed by atoms with Crippen molar-refractivity contribution in [3.8, 4) is 0 Å². The Labute approximate surface area is 115 Å². The molecule has 0 aliphatic rings. The van der Waals surface area contributed by atoms with Crippen molar-refractivity contribution in [2.45, 2.75) is 26.9 Å². The monoisotopic (exact) mass is 255 g/mol. The molecule has 3 heteroatoms. The van der Waals surface area contributed by atoms with Crippen molar-refractivity contribution in [2.24, 2.45) is 5.73 Å². The van der Waals surface area contributed by atoms with Crippen LogP contribution >= 0.6 is 0 Å². The first kappa shape index (κ1) is 13.6. The molecule has 100 valence electrons. The Balaban J connectivity index is 2.29. The molecule has 0 bridgehead atoms. The number of hydrogen-bond acceptors (Lipinski definition) is 3. The summed E-state index contributed by atoms with van der Waals surface area (Å²) >= 11 is 0. The van der Waals surface area contributed by atoms with Crippen LogP contribution in [0.5, 0.6) is 0 Å². The molecule has 3 nitrogen and oxygen atoms in total. The quantitative estimate of drug-likeness (QED) is 0.893. The van der Waals surface area contributed by atoms with Crippen LogP contribution in [-0.4, -0.2) is 11.5 Å². The van der Waals surface area contributed by atoms with Gasteiger partial charge >= 0.3 is 0 Å². The fourth-order valence-electron chi connectivity index (χ4n) is 2.20. The van der Waals surface area contributed by atoms with Crippen LogP contribution in [0, 0.1) is 6.92 Å². The van der Waals surface area contributed by atoms with Crippen molar-refractivity contribution in [3.05, 3.63) is 59.4 Å². The number of nitrogens with two attached hydrogens (primary N) is 1. The highest BCUT2D eigenvalue weighted by Crippen LogP contribution is 2.23. The maximum absolute atomic E-state index is 5.84. The molecular formula is C16H21N3. The van der Waals surface area contributed by atoms with Gasteiger partial charge in [-0.25, -0.2) is 0 Å². The summed E-state index contributed by atoms with van der Waals surface area (Å²) in [7, 11) is 0. The fraction of sp³-hybridized carbons (Fsp3) is 0.312. The highest BCUT2D eigenvalue weighted by molar-refractivity contribution is 5.55. The van der Waals surface area contributed by atoms with Crippen LogP contribution in [0.15, 0.2) is 42.6 Å². The van der Waals surface area contributed by atoms with Gasteiger partial charge in [-0.05, 0) is 43.2 Å². The van der Waals surface area contributed by atoms with Crippen LogP contribution in [0.25, 0.3) is 0 Å². The third kappa shape index (κ3) is 3.32. The van der Waals surface area contributed by atoms with E-state index in [4.69, 9.17) is 5.73 Å². The first-order valence-corrected chi connectivity index (χ1v) is 6.69. The van der Waals surface area contributed by atoms with E-state index in [0.717, 1.165) is 18.8 Å². The zero-order valence-corrected chi connectivity index (χ0v) is 11.6. The lowest BCUT2D eigenvalue weighted by Crippen LogP contribution is -2.24. The number of hydrogen-bond donors (Lipinski definition) is 1. The minimum absolute atomic E-state index is 0.564. The number of pyridine rings is 1. The third-order valence-corrected chi connectivity index (χ3v) is 3.26. The van der Waals surface area contributed by atoms with Gasteiger partial charge in [0.2, 0.25) is 0 Å². The molecule has 0 unspecified atom stereocenters. The summed E-state index contributed by atoms with van der Waals surface area (Å²) in [5.74, 6) is 0. The lowest BCUT2D eigenvalue weighted by atomic mass is 10.1. The fourth-order valence-corrected chi connectivity index (χ4v) is 2.20. The largest absolute Gasteiger partial charge is 0.366 e. The molecule has 0 spiro atoms. The first-order chi connectivity index (χ1) is 9.24. The average Bonchev–Trinajstić information content (AvgIpc) is 2.46. The molecule has 2 rings (SSSR count). The van der Waals surface area contributed by atoms with E-state index in [1.165, 1.54) is 16.8 Å². The molecule has 0 aliphatic heterocycles. The molecule has 0 saturated carbocycles. The van der Waals surface area contributed by atoms with Gasteiger partial charge in [0.15, 0.2) is 0 Å². The van der Waals surface area contributed by atoms with Gasteiger partial charge in [0, 0.05) is 25.0 Å². The van der Waals surface area contributed by atoms with Crippen LogP contribution in [-0.2, 0) is 13.1 Å². The van der Waals surface area contributed by atoms with Crippen molar-refractivity contribution in [1.29, 1.82) is 0 Å².